The van der Waals surface area contributed by atoms with Gasteiger partial charge in [-0.25, -0.2) is 13.4 Å². The largest absolute Gasteiger partial charge is 0.504 e. The number of aromatic hydroxyl groups is 1. The number of furan rings is 1. The highest BCUT2D eigenvalue weighted by Crippen LogP contribution is 2.42. The molecule has 1 atom stereocenters. The van der Waals surface area contributed by atoms with E-state index < -0.39 is 15.8 Å². The minimum absolute atomic E-state index is 0.0162. The molecule has 11 heteroatoms. The van der Waals surface area contributed by atoms with Crippen molar-refractivity contribution in [2.24, 2.45) is 21.5 Å². The third-order valence-corrected chi connectivity index (χ3v) is 8.04. The molecule has 158 valence electrons. The molecular formula is C18H25N5O4S2. The van der Waals surface area contributed by atoms with Crippen LogP contribution in [-0.4, -0.2) is 42.6 Å². The Morgan fingerprint density at radius 3 is 2.66 bits per heavy atom. The van der Waals surface area contributed by atoms with Gasteiger partial charge in [0.2, 0.25) is 0 Å². The Balaban J connectivity index is 1.85. The summed E-state index contributed by atoms with van der Waals surface area (Å²) in [6.07, 6.45) is 3.91. The maximum atomic E-state index is 12.6. The van der Waals surface area contributed by atoms with Crippen LogP contribution < -0.4 is 11.5 Å². The van der Waals surface area contributed by atoms with Gasteiger partial charge in [0.25, 0.3) is 10.0 Å². The van der Waals surface area contributed by atoms with Gasteiger partial charge in [0, 0.05) is 18.5 Å². The predicted octanol–water partition coefficient (Wildman–Crippen LogP) is 2.64. The van der Waals surface area contributed by atoms with Crippen LogP contribution in [0.5, 0.6) is 5.75 Å². The number of aryl methyl sites for hydroxylation is 1. The van der Waals surface area contributed by atoms with Gasteiger partial charge in [0.15, 0.2) is 21.6 Å². The monoisotopic (exact) mass is 439 g/mol. The summed E-state index contributed by atoms with van der Waals surface area (Å²) in [6.45, 7) is 3.85. The molecule has 1 aliphatic carbocycles. The van der Waals surface area contributed by atoms with Gasteiger partial charge in [0.05, 0.1) is 6.26 Å². The van der Waals surface area contributed by atoms with Crippen LogP contribution in [0.1, 0.15) is 43.6 Å². The van der Waals surface area contributed by atoms with Crippen molar-refractivity contribution in [3.8, 4) is 5.75 Å². The summed E-state index contributed by atoms with van der Waals surface area (Å²) < 4.78 is 31.9. The quantitative estimate of drug-likeness (QED) is 0.446. The van der Waals surface area contributed by atoms with Crippen LogP contribution in [0.15, 0.2) is 36.3 Å². The number of rotatable bonds is 7. The highest BCUT2D eigenvalue weighted by Gasteiger charge is 2.37. The Labute approximate surface area is 173 Å². The third kappa shape index (κ3) is 4.46. The van der Waals surface area contributed by atoms with Gasteiger partial charge < -0.3 is 21.0 Å². The molecule has 3 rings (SSSR count). The molecule has 0 bridgehead atoms. The molecule has 0 aliphatic heterocycles. The Morgan fingerprint density at radius 2 is 2.10 bits per heavy atom. The van der Waals surface area contributed by atoms with Gasteiger partial charge in [-0.2, -0.15) is 4.31 Å². The van der Waals surface area contributed by atoms with Gasteiger partial charge in [-0.3, -0.25) is 4.99 Å². The summed E-state index contributed by atoms with van der Waals surface area (Å²) in [6, 6.07) is 1.53. The van der Waals surface area contributed by atoms with Crippen LogP contribution in [0.25, 0.3) is 0 Å². The van der Waals surface area contributed by atoms with Crippen molar-refractivity contribution >= 4 is 38.7 Å². The van der Waals surface area contributed by atoms with Crippen molar-refractivity contribution in [3.05, 3.63) is 29.0 Å². The summed E-state index contributed by atoms with van der Waals surface area (Å²) in [4.78, 5) is 8.44. The molecule has 1 fully saturated rings. The average Bonchev–Trinajstić information content (AvgIpc) is 3.34. The maximum Gasteiger partial charge on any atom is 0.256 e. The van der Waals surface area contributed by atoms with Crippen LogP contribution in [0.3, 0.4) is 0 Å². The lowest BCUT2D eigenvalue weighted by Gasteiger charge is -2.14. The summed E-state index contributed by atoms with van der Waals surface area (Å²) >= 11 is 0.890. The number of hydrogen-bond acceptors (Lipinski definition) is 7. The van der Waals surface area contributed by atoms with E-state index in [1.54, 1.807) is 6.26 Å². The Hall–Kier alpha value is -2.37. The molecule has 1 saturated carbocycles. The van der Waals surface area contributed by atoms with Crippen LogP contribution in [0.4, 0.5) is 5.69 Å². The number of nitrogens with zero attached hydrogens (tertiary/aromatic N) is 3. The third-order valence-electron chi connectivity index (χ3n) is 4.65. The van der Waals surface area contributed by atoms with Crippen LogP contribution in [0, 0.1) is 6.92 Å². The van der Waals surface area contributed by atoms with Crippen LogP contribution >= 0.6 is 11.3 Å². The Kier molecular flexibility index (Phi) is 6.01. The second-order valence-electron chi connectivity index (χ2n) is 6.97. The van der Waals surface area contributed by atoms with E-state index >= 15 is 0 Å². The number of nitrogens with two attached hydrogens (primary N) is 2. The molecule has 2 heterocycles. The molecule has 1 aliphatic rings. The molecule has 0 unspecified atom stereocenters. The number of hydrogen-bond donors (Lipinski definition) is 3. The van der Waals surface area contributed by atoms with Crippen molar-refractivity contribution in [2.45, 2.75) is 49.4 Å². The first kappa shape index (κ1) is 21.3. The summed E-state index contributed by atoms with van der Waals surface area (Å²) in [7, 11) is -2.27. The molecular weight excluding hydrogens is 414 g/mol. The second-order valence-corrected chi connectivity index (χ2v) is 10.0. The first-order chi connectivity index (χ1) is 13.6. The summed E-state index contributed by atoms with van der Waals surface area (Å²) in [5.74, 6) is 0.0953. The highest BCUT2D eigenvalue weighted by molar-refractivity contribution is 7.91. The van der Waals surface area contributed by atoms with E-state index in [-0.39, 0.29) is 33.7 Å². The summed E-state index contributed by atoms with van der Waals surface area (Å²) in [5, 5.41) is 11.8. The smallest absolute Gasteiger partial charge is 0.256 e. The lowest BCUT2D eigenvalue weighted by molar-refractivity contribution is 0.445. The minimum atomic E-state index is -3.78. The molecule has 5 N–H and O–H groups in total. The lowest BCUT2D eigenvalue weighted by Crippen LogP contribution is -2.31. The molecule has 0 spiro atoms. The van der Waals surface area contributed by atoms with Crippen LogP contribution in [0.2, 0.25) is 0 Å². The number of aliphatic imine (C=N–C) groups is 2. The molecule has 0 aromatic carbocycles. The molecule has 9 nitrogen and oxygen atoms in total. The molecule has 29 heavy (non-hydrogen) atoms. The van der Waals surface area contributed by atoms with Gasteiger partial charge in [-0.05, 0) is 37.8 Å². The lowest BCUT2D eigenvalue weighted by atomic mass is 10.1. The molecule has 0 radical (unpaired) electrons. The van der Waals surface area contributed by atoms with Gasteiger partial charge >= 0.3 is 0 Å². The van der Waals surface area contributed by atoms with Crippen LogP contribution in [-0.2, 0) is 10.0 Å². The average molecular weight is 440 g/mol. The van der Waals surface area contributed by atoms with E-state index in [0.29, 0.717) is 12.2 Å². The first-order valence-corrected chi connectivity index (χ1v) is 11.5. The van der Waals surface area contributed by atoms with Crippen molar-refractivity contribution in [3.63, 3.8) is 0 Å². The molecule has 0 amide bonds. The first-order valence-electron chi connectivity index (χ1n) is 9.16. The second kappa shape index (κ2) is 8.17. The van der Waals surface area contributed by atoms with E-state index in [0.717, 1.165) is 29.7 Å². The van der Waals surface area contributed by atoms with E-state index in [1.165, 1.54) is 16.7 Å². The van der Waals surface area contributed by atoms with Crippen molar-refractivity contribution in [1.29, 1.82) is 0 Å². The maximum absolute atomic E-state index is 12.6. The van der Waals surface area contributed by atoms with Crippen molar-refractivity contribution in [1.82, 2.24) is 4.31 Å². The fraction of sp³-hybridized carbons (Fsp3) is 0.444. The van der Waals surface area contributed by atoms with E-state index in [9.17, 15) is 13.5 Å². The number of amidine groups is 2. The highest BCUT2D eigenvalue weighted by atomic mass is 32.2. The Bertz CT molecular complexity index is 1050. The predicted molar refractivity (Wildman–Crippen MR) is 113 cm³/mol. The zero-order chi connectivity index (χ0) is 21.3. The fourth-order valence-electron chi connectivity index (χ4n) is 2.76. The van der Waals surface area contributed by atoms with Gasteiger partial charge in [-0.1, -0.05) is 6.92 Å². The van der Waals surface area contributed by atoms with Crippen molar-refractivity contribution < 1.29 is 17.9 Å². The minimum Gasteiger partial charge on any atom is -0.504 e. The number of thiophene rings is 1. The topological polar surface area (TPSA) is 148 Å². The Morgan fingerprint density at radius 1 is 1.41 bits per heavy atom. The van der Waals surface area contributed by atoms with E-state index in [4.69, 9.17) is 15.9 Å². The van der Waals surface area contributed by atoms with E-state index in [1.807, 2.05) is 19.9 Å². The van der Waals surface area contributed by atoms with E-state index in [2.05, 4.69) is 9.98 Å². The zero-order valence-electron chi connectivity index (χ0n) is 16.5. The molecule has 0 saturated heterocycles. The van der Waals surface area contributed by atoms with Gasteiger partial charge in [-0.15, -0.1) is 11.3 Å². The summed E-state index contributed by atoms with van der Waals surface area (Å²) in [5.41, 5.74) is 12.9. The van der Waals surface area contributed by atoms with Gasteiger partial charge in [0.1, 0.15) is 17.5 Å². The molecule has 2 aromatic rings. The van der Waals surface area contributed by atoms with Crippen molar-refractivity contribution in [2.75, 3.05) is 7.05 Å². The normalized spacial score (nSPS) is 17.1. The molecule has 2 aromatic heterocycles. The standard InChI is InChI=1S/C18H25N5O4S2/c1-4-12(14-7-10(2)8-27-14)21-16(19)17(20)22-13-9-28-18(15(13)24)29(25,26)23(3)11-5-6-11/h7-9,11-12,24H,4-6H2,1-3H3,(H2,19,21)(H2,20,22)/t12-/m1/s1. The fourth-order valence-corrected chi connectivity index (χ4v) is 5.55. The number of sulfonamides is 1. The SMILES string of the molecule is CC[C@@H](N=C(N)C(N)=Nc1csc(S(=O)(=O)N(C)C2CC2)c1O)c1cc(C)co1. The zero-order valence-corrected chi connectivity index (χ0v) is 18.1.